The second-order valence-electron chi connectivity index (χ2n) is 5.69. The van der Waals surface area contributed by atoms with Gasteiger partial charge in [0, 0.05) is 30.0 Å². The Labute approximate surface area is 149 Å². The maximum absolute atomic E-state index is 12.8. The van der Waals surface area contributed by atoms with Gasteiger partial charge < -0.3 is 19.9 Å². The Kier molecular flexibility index (Phi) is 4.25. The molecule has 0 saturated carbocycles. The van der Waals surface area contributed by atoms with Gasteiger partial charge in [0.05, 0.1) is 30.6 Å². The van der Waals surface area contributed by atoms with Crippen LogP contribution in [0.4, 0.5) is 11.5 Å². The highest BCUT2D eigenvalue weighted by atomic mass is 35.5. The maximum Gasteiger partial charge on any atom is 0.257 e. The molecule has 0 spiro atoms. The van der Waals surface area contributed by atoms with E-state index in [0.717, 1.165) is 5.69 Å². The van der Waals surface area contributed by atoms with E-state index in [4.69, 9.17) is 16.3 Å². The van der Waals surface area contributed by atoms with E-state index < -0.39 is 0 Å². The SMILES string of the molecule is O=C(c1cnc(Nc2cccc(Cl)c2)c2nc[nH]c12)N1CCOCC1. The van der Waals surface area contributed by atoms with Crippen LogP contribution in [0.2, 0.25) is 5.02 Å². The highest BCUT2D eigenvalue weighted by molar-refractivity contribution is 6.30. The Morgan fingerprint density at radius 3 is 2.92 bits per heavy atom. The average molecular weight is 358 g/mol. The number of pyridine rings is 1. The van der Waals surface area contributed by atoms with E-state index in [9.17, 15) is 4.79 Å². The van der Waals surface area contributed by atoms with Crippen LogP contribution in [-0.2, 0) is 4.74 Å². The van der Waals surface area contributed by atoms with Gasteiger partial charge >= 0.3 is 0 Å². The number of carbonyl (C=O) groups excluding carboxylic acids is 1. The first kappa shape index (κ1) is 15.9. The molecule has 7 nitrogen and oxygen atoms in total. The third kappa shape index (κ3) is 3.16. The summed E-state index contributed by atoms with van der Waals surface area (Å²) in [6.45, 7) is 2.27. The van der Waals surface area contributed by atoms with Gasteiger partial charge in [-0.05, 0) is 18.2 Å². The Morgan fingerprint density at radius 2 is 2.12 bits per heavy atom. The summed E-state index contributed by atoms with van der Waals surface area (Å²) in [5.41, 5.74) is 2.58. The zero-order chi connectivity index (χ0) is 17.2. The molecule has 8 heteroatoms. The molecule has 3 heterocycles. The molecule has 2 aromatic heterocycles. The zero-order valence-electron chi connectivity index (χ0n) is 13.3. The first-order valence-corrected chi connectivity index (χ1v) is 8.32. The number of benzene rings is 1. The predicted molar refractivity (Wildman–Crippen MR) is 95.3 cm³/mol. The van der Waals surface area contributed by atoms with E-state index in [2.05, 4.69) is 20.3 Å². The van der Waals surface area contributed by atoms with Gasteiger partial charge in [0.1, 0.15) is 5.52 Å². The number of morpholine rings is 1. The fourth-order valence-corrected chi connectivity index (χ4v) is 3.02. The van der Waals surface area contributed by atoms with E-state index in [1.165, 1.54) is 0 Å². The van der Waals surface area contributed by atoms with Crippen molar-refractivity contribution in [2.45, 2.75) is 0 Å². The van der Waals surface area contributed by atoms with E-state index >= 15 is 0 Å². The number of hydrogen-bond donors (Lipinski definition) is 2. The Morgan fingerprint density at radius 1 is 1.28 bits per heavy atom. The van der Waals surface area contributed by atoms with Gasteiger partial charge in [-0.2, -0.15) is 0 Å². The van der Waals surface area contributed by atoms with Crippen molar-refractivity contribution in [3.63, 3.8) is 0 Å². The number of halogens is 1. The van der Waals surface area contributed by atoms with Crippen LogP contribution in [0.25, 0.3) is 11.0 Å². The molecule has 1 aromatic carbocycles. The van der Waals surface area contributed by atoms with E-state index in [-0.39, 0.29) is 5.91 Å². The van der Waals surface area contributed by atoms with Gasteiger partial charge in [0.15, 0.2) is 5.82 Å². The number of nitrogens with one attached hydrogen (secondary N) is 2. The van der Waals surface area contributed by atoms with Crippen LogP contribution in [0.5, 0.6) is 0 Å². The summed E-state index contributed by atoms with van der Waals surface area (Å²) in [6.07, 6.45) is 3.14. The van der Waals surface area contributed by atoms with Crippen molar-refractivity contribution in [2.75, 3.05) is 31.6 Å². The lowest BCUT2D eigenvalue weighted by Crippen LogP contribution is -2.40. The zero-order valence-corrected chi connectivity index (χ0v) is 14.1. The van der Waals surface area contributed by atoms with Crippen molar-refractivity contribution in [1.29, 1.82) is 0 Å². The molecular formula is C17H16ClN5O2. The number of amides is 1. The van der Waals surface area contributed by atoms with Crippen LogP contribution in [-0.4, -0.2) is 52.1 Å². The van der Waals surface area contributed by atoms with Crippen molar-refractivity contribution in [3.05, 3.63) is 47.4 Å². The molecule has 1 aliphatic rings. The number of aromatic amines is 1. The number of ether oxygens (including phenoxy) is 1. The van der Waals surface area contributed by atoms with Gasteiger partial charge in [0.2, 0.25) is 0 Å². The van der Waals surface area contributed by atoms with E-state index in [1.807, 2.05) is 12.1 Å². The van der Waals surface area contributed by atoms with Crippen molar-refractivity contribution in [3.8, 4) is 0 Å². The average Bonchev–Trinajstić information content (AvgIpc) is 3.12. The van der Waals surface area contributed by atoms with Crippen molar-refractivity contribution < 1.29 is 9.53 Å². The van der Waals surface area contributed by atoms with Crippen molar-refractivity contribution in [1.82, 2.24) is 19.9 Å². The Balaban J connectivity index is 1.68. The molecule has 1 amide bonds. The molecule has 1 fully saturated rings. The monoisotopic (exact) mass is 357 g/mol. The summed E-state index contributed by atoms with van der Waals surface area (Å²) in [4.78, 5) is 26.3. The molecule has 1 aliphatic heterocycles. The van der Waals surface area contributed by atoms with Gasteiger partial charge in [-0.1, -0.05) is 17.7 Å². The molecule has 0 aliphatic carbocycles. The van der Waals surface area contributed by atoms with Crippen LogP contribution in [0.1, 0.15) is 10.4 Å². The lowest BCUT2D eigenvalue weighted by Gasteiger charge is -2.26. The van der Waals surface area contributed by atoms with Crippen molar-refractivity contribution in [2.24, 2.45) is 0 Å². The summed E-state index contributed by atoms with van der Waals surface area (Å²) in [5, 5.41) is 3.82. The molecule has 2 N–H and O–H groups in total. The number of H-pyrrole nitrogens is 1. The number of imidazole rings is 1. The molecule has 128 valence electrons. The smallest absolute Gasteiger partial charge is 0.257 e. The molecular weight excluding hydrogens is 342 g/mol. The molecule has 0 unspecified atom stereocenters. The lowest BCUT2D eigenvalue weighted by molar-refractivity contribution is 0.0304. The van der Waals surface area contributed by atoms with Gasteiger partial charge in [-0.15, -0.1) is 0 Å². The molecule has 3 aromatic rings. The van der Waals surface area contributed by atoms with Crippen LogP contribution in [0, 0.1) is 0 Å². The first-order valence-electron chi connectivity index (χ1n) is 7.94. The number of hydrogen-bond acceptors (Lipinski definition) is 5. The second-order valence-corrected chi connectivity index (χ2v) is 6.12. The summed E-state index contributed by atoms with van der Waals surface area (Å²) in [7, 11) is 0. The number of carbonyl (C=O) groups is 1. The van der Waals surface area contributed by atoms with E-state index in [1.54, 1.807) is 29.6 Å². The summed E-state index contributed by atoms with van der Waals surface area (Å²) < 4.78 is 5.30. The number of anilines is 2. The number of aromatic nitrogens is 3. The quantitative estimate of drug-likeness (QED) is 0.753. The molecule has 4 rings (SSSR count). The first-order chi connectivity index (χ1) is 12.2. The fourth-order valence-electron chi connectivity index (χ4n) is 2.83. The summed E-state index contributed by atoms with van der Waals surface area (Å²) in [6, 6.07) is 7.34. The summed E-state index contributed by atoms with van der Waals surface area (Å²) >= 11 is 6.02. The van der Waals surface area contributed by atoms with Crippen molar-refractivity contribution >= 4 is 40.0 Å². The van der Waals surface area contributed by atoms with E-state index in [0.29, 0.717) is 53.7 Å². The third-order valence-electron chi connectivity index (χ3n) is 4.07. The number of rotatable bonds is 3. The van der Waals surface area contributed by atoms with Gasteiger partial charge in [-0.25, -0.2) is 9.97 Å². The minimum absolute atomic E-state index is 0.0700. The third-order valence-corrected chi connectivity index (χ3v) is 4.31. The molecule has 0 atom stereocenters. The second kappa shape index (κ2) is 6.70. The Bertz CT molecular complexity index is 920. The molecule has 1 saturated heterocycles. The number of fused-ring (bicyclic) bond motifs is 1. The lowest BCUT2D eigenvalue weighted by atomic mass is 10.2. The normalized spacial score (nSPS) is 14.7. The fraction of sp³-hybridized carbons (Fsp3) is 0.235. The van der Waals surface area contributed by atoms with Gasteiger partial charge in [-0.3, -0.25) is 4.79 Å². The standard InChI is InChI=1S/C17H16ClN5O2/c18-11-2-1-3-12(8-11)22-16-15-14(20-10-21-15)13(9-19-16)17(24)23-4-6-25-7-5-23/h1-3,8-10H,4-7H2,(H,19,22)(H,20,21). The highest BCUT2D eigenvalue weighted by Crippen LogP contribution is 2.26. The van der Waals surface area contributed by atoms with Crippen LogP contribution in [0.3, 0.4) is 0 Å². The Hall–Kier alpha value is -2.64. The van der Waals surface area contributed by atoms with Gasteiger partial charge in [0.25, 0.3) is 5.91 Å². The minimum Gasteiger partial charge on any atom is -0.378 e. The topological polar surface area (TPSA) is 83.1 Å². The number of nitrogens with zero attached hydrogens (tertiary/aromatic N) is 3. The maximum atomic E-state index is 12.8. The van der Waals surface area contributed by atoms with Crippen LogP contribution < -0.4 is 5.32 Å². The molecule has 25 heavy (non-hydrogen) atoms. The molecule has 0 bridgehead atoms. The summed E-state index contributed by atoms with van der Waals surface area (Å²) in [5.74, 6) is 0.497. The van der Waals surface area contributed by atoms with Crippen LogP contribution >= 0.6 is 11.6 Å². The van der Waals surface area contributed by atoms with Crippen LogP contribution in [0.15, 0.2) is 36.8 Å². The minimum atomic E-state index is -0.0700. The predicted octanol–water partition coefficient (Wildman–Crippen LogP) is 2.83. The largest absolute Gasteiger partial charge is 0.378 e. The highest BCUT2D eigenvalue weighted by Gasteiger charge is 2.22. The molecule has 0 radical (unpaired) electrons.